The fourth-order valence-electron chi connectivity index (χ4n) is 1.15. The van der Waals surface area contributed by atoms with Crippen molar-refractivity contribution < 1.29 is 24.6 Å². The summed E-state index contributed by atoms with van der Waals surface area (Å²) in [5.41, 5.74) is 5.60. The second-order valence-corrected chi connectivity index (χ2v) is 3.91. The van der Waals surface area contributed by atoms with Gasteiger partial charge in [0.25, 0.3) is 0 Å². The molecular weight excluding hydrogens is 228 g/mol. The molecule has 1 amide bonds. The number of carboxylic acids is 2. The second-order valence-electron chi connectivity index (χ2n) is 3.91. The first-order valence-corrected chi connectivity index (χ1v) is 5.30. The van der Waals surface area contributed by atoms with Crippen molar-refractivity contribution in [2.75, 3.05) is 0 Å². The number of rotatable bonds is 7. The van der Waals surface area contributed by atoms with Crippen molar-refractivity contribution in [3.8, 4) is 0 Å². The van der Waals surface area contributed by atoms with E-state index in [1.807, 2.05) is 6.92 Å². The third kappa shape index (κ3) is 5.30. The maximum Gasteiger partial charge on any atom is 0.326 e. The molecular formula is C10H18N2O5. The van der Waals surface area contributed by atoms with Crippen LogP contribution in [0.15, 0.2) is 0 Å². The molecule has 0 spiro atoms. The van der Waals surface area contributed by atoms with E-state index in [0.29, 0.717) is 6.42 Å². The summed E-state index contributed by atoms with van der Waals surface area (Å²) in [7, 11) is 0. The van der Waals surface area contributed by atoms with Gasteiger partial charge in [0, 0.05) is 0 Å². The van der Waals surface area contributed by atoms with E-state index < -0.39 is 36.4 Å². The predicted octanol–water partition coefficient (Wildman–Crippen LogP) is -0.596. The minimum atomic E-state index is -1.45. The zero-order chi connectivity index (χ0) is 13.6. The molecule has 7 heteroatoms. The first kappa shape index (κ1) is 15.4. The minimum Gasteiger partial charge on any atom is -0.481 e. The molecule has 5 N–H and O–H groups in total. The Morgan fingerprint density at radius 2 is 1.82 bits per heavy atom. The Morgan fingerprint density at radius 3 is 2.18 bits per heavy atom. The van der Waals surface area contributed by atoms with Crippen molar-refractivity contribution in [2.24, 2.45) is 11.7 Å². The van der Waals surface area contributed by atoms with Crippen LogP contribution in [0, 0.1) is 5.92 Å². The number of hydrogen-bond donors (Lipinski definition) is 4. The zero-order valence-corrected chi connectivity index (χ0v) is 9.84. The summed E-state index contributed by atoms with van der Waals surface area (Å²) in [5.74, 6) is -3.44. The number of carbonyl (C=O) groups excluding carboxylic acids is 1. The Labute approximate surface area is 99.0 Å². The summed E-state index contributed by atoms with van der Waals surface area (Å²) in [4.78, 5) is 32.7. The number of nitrogens with two attached hydrogens (primary N) is 1. The van der Waals surface area contributed by atoms with Crippen molar-refractivity contribution in [3.05, 3.63) is 0 Å². The Morgan fingerprint density at radius 1 is 1.29 bits per heavy atom. The van der Waals surface area contributed by atoms with E-state index in [0.717, 1.165) is 0 Å². The molecule has 17 heavy (non-hydrogen) atoms. The second kappa shape index (κ2) is 6.85. The lowest BCUT2D eigenvalue weighted by Crippen LogP contribution is -2.51. The molecule has 0 aliphatic carbocycles. The smallest absolute Gasteiger partial charge is 0.326 e. The Balaban J connectivity index is 4.50. The maximum absolute atomic E-state index is 11.5. The molecule has 0 fully saturated rings. The summed E-state index contributed by atoms with van der Waals surface area (Å²) < 4.78 is 0. The van der Waals surface area contributed by atoms with Crippen LogP contribution in [0.25, 0.3) is 0 Å². The lowest BCUT2D eigenvalue weighted by Gasteiger charge is -2.20. The van der Waals surface area contributed by atoms with Gasteiger partial charge < -0.3 is 21.3 Å². The number of carboxylic acid groups (broad SMARTS) is 2. The monoisotopic (exact) mass is 246 g/mol. The molecule has 2 unspecified atom stereocenters. The highest BCUT2D eigenvalue weighted by molar-refractivity contribution is 5.89. The predicted molar refractivity (Wildman–Crippen MR) is 59.2 cm³/mol. The van der Waals surface area contributed by atoms with Gasteiger partial charge in [-0.2, -0.15) is 0 Å². The highest BCUT2D eigenvalue weighted by Crippen LogP contribution is 2.06. The van der Waals surface area contributed by atoms with Crippen LogP contribution in [0.5, 0.6) is 0 Å². The van der Waals surface area contributed by atoms with E-state index in [-0.39, 0.29) is 5.92 Å². The quantitative estimate of drug-likeness (QED) is 0.474. The van der Waals surface area contributed by atoms with Crippen LogP contribution in [0.4, 0.5) is 0 Å². The molecule has 0 aliphatic rings. The molecule has 0 heterocycles. The minimum absolute atomic E-state index is 0.103. The highest BCUT2D eigenvalue weighted by Gasteiger charge is 2.27. The largest absolute Gasteiger partial charge is 0.481 e. The normalized spacial score (nSPS) is 15.7. The standard InChI is InChI=1S/C10H18N2O5/c1-3-5(2)8(11)9(15)12-6(10(16)17)4-7(13)14/h5-6,8H,3-4,11H2,1-2H3,(H,12,15)(H,13,14)(H,16,17)/t5?,6-,8?/m1/s1. The van der Waals surface area contributed by atoms with Gasteiger partial charge in [-0.3, -0.25) is 9.59 Å². The van der Waals surface area contributed by atoms with Crippen molar-refractivity contribution in [3.63, 3.8) is 0 Å². The molecule has 0 radical (unpaired) electrons. The SMILES string of the molecule is CCC(C)C(N)C(=O)N[C@H](CC(=O)O)C(=O)O. The van der Waals surface area contributed by atoms with Crippen LogP contribution >= 0.6 is 0 Å². The average molecular weight is 246 g/mol. The van der Waals surface area contributed by atoms with Gasteiger partial charge in [0.05, 0.1) is 12.5 Å². The molecule has 0 saturated heterocycles. The zero-order valence-electron chi connectivity index (χ0n) is 9.84. The molecule has 0 rings (SSSR count). The molecule has 0 bridgehead atoms. The summed E-state index contributed by atoms with van der Waals surface area (Å²) in [6, 6.07) is -2.29. The molecule has 0 aliphatic heterocycles. The van der Waals surface area contributed by atoms with E-state index in [1.54, 1.807) is 6.92 Å². The number of nitrogens with one attached hydrogen (secondary N) is 1. The summed E-state index contributed by atoms with van der Waals surface area (Å²) in [5, 5.41) is 19.3. The first-order valence-electron chi connectivity index (χ1n) is 5.30. The molecule has 98 valence electrons. The third-order valence-corrected chi connectivity index (χ3v) is 2.55. The highest BCUT2D eigenvalue weighted by atomic mass is 16.4. The van der Waals surface area contributed by atoms with Crippen LogP contribution in [-0.2, 0) is 14.4 Å². The lowest BCUT2D eigenvalue weighted by atomic mass is 9.99. The Kier molecular flexibility index (Phi) is 6.19. The van der Waals surface area contributed by atoms with Crippen LogP contribution < -0.4 is 11.1 Å². The van der Waals surface area contributed by atoms with Gasteiger partial charge in [0.2, 0.25) is 5.91 Å². The summed E-state index contributed by atoms with van der Waals surface area (Å²) in [6.07, 6.45) is -0.000442. The molecule has 0 aromatic carbocycles. The number of carbonyl (C=O) groups is 3. The van der Waals surface area contributed by atoms with Gasteiger partial charge in [-0.05, 0) is 5.92 Å². The Bertz CT molecular complexity index is 305. The van der Waals surface area contributed by atoms with Crippen LogP contribution in [-0.4, -0.2) is 40.1 Å². The average Bonchev–Trinajstić information content (AvgIpc) is 2.25. The van der Waals surface area contributed by atoms with E-state index in [4.69, 9.17) is 15.9 Å². The molecule has 0 aromatic heterocycles. The van der Waals surface area contributed by atoms with Crippen LogP contribution in [0.3, 0.4) is 0 Å². The molecule has 7 nitrogen and oxygen atoms in total. The van der Waals surface area contributed by atoms with Gasteiger partial charge in [-0.25, -0.2) is 4.79 Å². The molecule has 0 aromatic rings. The van der Waals surface area contributed by atoms with Crippen LogP contribution in [0.1, 0.15) is 26.7 Å². The van der Waals surface area contributed by atoms with Crippen LogP contribution in [0.2, 0.25) is 0 Å². The maximum atomic E-state index is 11.5. The first-order chi connectivity index (χ1) is 7.79. The van der Waals surface area contributed by atoms with Crippen molar-refractivity contribution in [2.45, 2.75) is 38.8 Å². The summed E-state index contributed by atoms with van der Waals surface area (Å²) in [6.45, 7) is 3.61. The Hall–Kier alpha value is -1.63. The molecule has 3 atom stereocenters. The topological polar surface area (TPSA) is 130 Å². The van der Waals surface area contributed by atoms with Gasteiger partial charge in [0.15, 0.2) is 0 Å². The molecule has 0 saturated carbocycles. The number of aliphatic carboxylic acids is 2. The van der Waals surface area contributed by atoms with Gasteiger partial charge in [0.1, 0.15) is 6.04 Å². The van der Waals surface area contributed by atoms with E-state index in [1.165, 1.54) is 0 Å². The van der Waals surface area contributed by atoms with Gasteiger partial charge in [-0.15, -0.1) is 0 Å². The lowest BCUT2D eigenvalue weighted by molar-refractivity contribution is -0.147. The van der Waals surface area contributed by atoms with E-state index in [9.17, 15) is 14.4 Å². The van der Waals surface area contributed by atoms with Crippen molar-refractivity contribution in [1.29, 1.82) is 0 Å². The van der Waals surface area contributed by atoms with Crippen molar-refractivity contribution >= 4 is 17.8 Å². The third-order valence-electron chi connectivity index (χ3n) is 2.55. The fraction of sp³-hybridized carbons (Fsp3) is 0.700. The van der Waals surface area contributed by atoms with Gasteiger partial charge in [-0.1, -0.05) is 20.3 Å². The summed E-state index contributed by atoms with van der Waals surface area (Å²) >= 11 is 0. The van der Waals surface area contributed by atoms with E-state index >= 15 is 0 Å². The van der Waals surface area contributed by atoms with E-state index in [2.05, 4.69) is 5.32 Å². The van der Waals surface area contributed by atoms with Crippen molar-refractivity contribution in [1.82, 2.24) is 5.32 Å². The fourth-order valence-corrected chi connectivity index (χ4v) is 1.15. The number of amides is 1. The number of hydrogen-bond acceptors (Lipinski definition) is 4. The van der Waals surface area contributed by atoms with Gasteiger partial charge >= 0.3 is 11.9 Å².